The zero-order chi connectivity index (χ0) is 19.9. The van der Waals surface area contributed by atoms with Gasteiger partial charge in [-0.3, -0.25) is 10.2 Å². The summed E-state index contributed by atoms with van der Waals surface area (Å²) in [6.07, 6.45) is 1.24. The number of ketones is 1. The molecule has 1 N–H and O–H groups in total. The number of methoxy groups -OCH3 is 1. The molecule has 0 aliphatic heterocycles. The van der Waals surface area contributed by atoms with Gasteiger partial charge in [-0.1, -0.05) is 81.4 Å². The van der Waals surface area contributed by atoms with Crippen LogP contribution in [0.3, 0.4) is 0 Å². The lowest BCUT2D eigenvalue weighted by atomic mass is 9.90. The number of ether oxygens (including phenoxy) is 1. The monoisotopic (exact) mass is 364 g/mol. The summed E-state index contributed by atoms with van der Waals surface area (Å²) in [6.45, 7) is 5.34. The molecule has 0 bridgehead atoms. The maximum atomic E-state index is 12.3. The molecule has 0 saturated carbocycles. The molecular formula is C22H24N2O3. The van der Waals surface area contributed by atoms with Gasteiger partial charge in [0.25, 0.3) is 0 Å². The number of allylic oxidation sites excluding steroid dienone is 1. The predicted octanol–water partition coefficient (Wildman–Crippen LogP) is 3.70. The van der Waals surface area contributed by atoms with Gasteiger partial charge in [-0.15, -0.1) is 0 Å². The van der Waals surface area contributed by atoms with Gasteiger partial charge in [-0.05, 0) is 0 Å². The van der Waals surface area contributed by atoms with E-state index in [0.717, 1.165) is 11.1 Å². The topological polar surface area (TPSA) is 67.8 Å². The Morgan fingerprint density at radius 2 is 1.41 bits per heavy atom. The Balaban J connectivity index is 2.44. The van der Waals surface area contributed by atoms with E-state index in [4.69, 9.17) is 4.74 Å². The first-order valence-electron chi connectivity index (χ1n) is 8.62. The van der Waals surface area contributed by atoms with Crippen molar-refractivity contribution >= 4 is 17.5 Å². The summed E-state index contributed by atoms with van der Waals surface area (Å²) >= 11 is 0. The maximum absolute atomic E-state index is 12.3. The highest BCUT2D eigenvalue weighted by Gasteiger charge is 2.22. The third-order valence-electron chi connectivity index (χ3n) is 3.80. The first-order chi connectivity index (χ1) is 12.8. The number of rotatable bonds is 6. The van der Waals surface area contributed by atoms with Gasteiger partial charge >= 0.3 is 5.97 Å². The fourth-order valence-corrected chi connectivity index (χ4v) is 2.20. The number of carbonyl (C=O) groups excluding carboxylic acids is 2. The highest BCUT2D eigenvalue weighted by molar-refractivity contribution is 6.13. The summed E-state index contributed by atoms with van der Waals surface area (Å²) in [5.74, 6) is -0.858. The Kier molecular flexibility index (Phi) is 6.66. The van der Waals surface area contributed by atoms with E-state index in [1.54, 1.807) is 20.8 Å². The Hall–Kier alpha value is -3.21. The molecule has 0 fully saturated rings. The molecule has 2 aromatic rings. The minimum atomic E-state index is -0.656. The van der Waals surface area contributed by atoms with Crippen LogP contribution in [0.2, 0.25) is 0 Å². The van der Waals surface area contributed by atoms with Crippen LogP contribution in [0.5, 0.6) is 0 Å². The Morgan fingerprint density at radius 1 is 0.926 bits per heavy atom. The van der Waals surface area contributed by atoms with Crippen molar-refractivity contribution in [1.29, 1.82) is 0 Å². The number of nitrogens with one attached hydrogen (secondary N) is 1. The van der Waals surface area contributed by atoms with Crippen molar-refractivity contribution in [3.05, 3.63) is 83.6 Å². The zero-order valence-electron chi connectivity index (χ0n) is 16.0. The molecule has 5 heteroatoms. The number of hydrazone groups is 1. The molecule has 0 radical (unpaired) electrons. The van der Waals surface area contributed by atoms with Gasteiger partial charge in [0.05, 0.1) is 12.8 Å². The number of benzene rings is 2. The maximum Gasteiger partial charge on any atom is 0.356 e. The minimum absolute atomic E-state index is 0.0122. The van der Waals surface area contributed by atoms with Crippen LogP contribution in [0.15, 0.2) is 77.5 Å². The summed E-state index contributed by atoms with van der Waals surface area (Å²) in [7, 11) is 1.26. The first-order valence-corrected chi connectivity index (χ1v) is 8.62. The molecular weight excluding hydrogens is 340 g/mol. The molecule has 0 unspecified atom stereocenters. The molecule has 27 heavy (non-hydrogen) atoms. The molecule has 2 rings (SSSR count). The molecule has 5 nitrogen and oxygen atoms in total. The van der Waals surface area contributed by atoms with Gasteiger partial charge < -0.3 is 4.74 Å². The van der Waals surface area contributed by atoms with Gasteiger partial charge in [-0.2, -0.15) is 5.10 Å². The van der Waals surface area contributed by atoms with Crippen molar-refractivity contribution in [3.63, 3.8) is 0 Å². The first kappa shape index (κ1) is 20.1. The van der Waals surface area contributed by atoms with Crippen LogP contribution >= 0.6 is 0 Å². The highest BCUT2D eigenvalue weighted by atomic mass is 16.5. The van der Waals surface area contributed by atoms with Crippen LogP contribution in [0.25, 0.3) is 0 Å². The number of esters is 1. The van der Waals surface area contributed by atoms with Crippen LogP contribution in [0.4, 0.5) is 0 Å². The van der Waals surface area contributed by atoms with E-state index < -0.39 is 11.4 Å². The van der Waals surface area contributed by atoms with Gasteiger partial charge in [-0.25, -0.2) is 4.79 Å². The summed E-state index contributed by atoms with van der Waals surface area (Å²) < 4.78 is 4.78. The Bertz CT molecular complexity index is 807. The van der Waals surface area contributed by atoms with E-state index in [-0.39, 0.29) is 11.5 Å². The van der Waals surface area contributed by atoms with Crippen LogP contribution in [0, 0.1) is 5.41 Å². The molecule has 2 aromatic carbocycles. The number of nitrogens with zero attached hydrogens (tertiary/aromatic N) is 1. The molecule has 0 aromatic heterocycles. The number of hydrogen-bond donors (Lipinski definition) is 1. The van der Waals surface area contributed by atoms with Gasteiger partial charge in [0.15, 0.2) is 5.78 Å². The molecule has 140 valence electrons. The highest BCUT2D eigenvalue weighted by Crippen LogP contribution is 2.16. The summed E-state index contributed by atoms with van der Waals surface area (Å²) in [5.41, 5.74) is 4.50. The quantitative estimate of drug-likeness (QED) is 0.367. The van der Waals surface area contributed by atoms with E-state index in [1.807, 2.05) is 60.7 Å². The van der Waals surface area contributed by atoms with E-state index in [1.165, 1.54) is 13.2 Å². The average molecular weight is 364 g/mol. The fourth-order valence-electron chi connectivity index (χ4n) is 2.20. The SMILES string of the molecule is COC(=O)/C(=C/C(=O)C(C)(C)C)NN=C(c1ccccc1)c1ccccc1. The van der Waals surface area contributed by atoms with Crippen LogP contribution < -0.4 is 5.43 Å². The summed E-state index contributed by atoms with van der Waals surface area (Å²) in [5, 5.41) is 4.41. The van der Waals surface area contributed by atoms with Crippen molar-refractivity contribution < 1.29 is 14.3 Å². The predicted molar refractivity (Wildman–Crippen MR) is 106 cm³/mol. The number of carbonyl (C=O) groups is 2. The fraction of sp³-hybridized carbons (Fsp3) is 0.227. The molecule has 0 spiro atoms. The molecule has 0 heterocycles. The smallest absolute Gasteiger partial charge is 0.356 e. The van der Waals surface area contributed by atoms with Crippen molar-refractivity contribution in [2.45, 2.75) is 20.8 Å². The molecule has 0 aliphatic carbocycles. The van der Waals surface area contributed by atoms with Gasteiger partial charge in [0, 0.05) is 22.6 Å². The third-order valence-corrected chi connectivity index (χ3v) is 3.80. The Labute approximate surface area is 159 Å². The second-order valence-electron chi connectivity index (χ2n) is 6.97. The molecule has 0 amide bonds. The van der Waals surface area contributed by atoms with Crippen molar-refractivity contribution in [3.8, 4) is 0 Å². The minimum Gasteiger partial charge on any atom is -0.464 e. The van der Waals surface area contributed by atoms with Crippen molar-refractivity contribution in [2.75, 3.05) is 7.11 Å². The Morgan fingerprint density at radius 3 is 1.81 bits per heavy atom. The van der Waals surface area contributed by atoms with Crippen LogP contribution in [-0.4, -0.2) is 24.6 Å². The van der Waals surface area contributed by atoms with Crippen molar-refractivity contribution in [2.24, 2.45) is 10.5 Å². The molecule has 0 atom stereocenters. The lowest BCUT2D eigenvalue weighted by Gasteiger charge is -2.15. The normalized spacial score (nSPS) is 11.5. The third kappa shape index (κ3) is 5.64. The van der Waals surface area contributed by atoms with Crippen LogP contribution in [-0.2, 0) is 14.3 Å². The zero-order valence-corrected chi connectivity index (χ0v) is 16.0. The van der Waals surface area contributed by atoms with E-state index >= 15 is 0 Å². The van der Waals surface area contributed by atoms with Crippen LogP contribution in [0.1, 0.15) is 31.9 Å². The second kappa shape index (κ2) is 8.94. The van der Waals surface area contributed by atoms with Gasteiger partial charge in [0.2, 0.25) is 0 Å². The van der Waals surface area contributed by atoms with Crippen molar-refractivity contribution in [1.82, 2.24) is 5.43 Å². The standard InChI is InChI=1S/C22H24N2O3/c1-22(2,3)19(25)15-18(21(26)27-4)23-24-20(16-11-7-5-8-12-16)17-13-9-6-10-14-17/h5-15,23H,1-4H3/b18-15-. The average Bonchev–Trinajstić information content (AvgIpc) is 2.67. The summed E-state index contributed by atoms with van der Waals surface area (Å²) in [4.78, 5) is 24.4. The molecule has 0 saturated heterocycles. The second-order valence-corrected chi connectivity index (χ2v) is 6.97. The number of hydrogen-bond acceptors (Lipinski definition) is 5. The van der Waals surface area contributed by atoms with E-state index in [0.29, 0.717) is 5.71 Å². The summed E-state index contributed by atoms with van der Waals surface area (Å²) in [6, 6.07) is 19.2. The van der Waals surface area contributed by atoms with Gasteiger partial charge in [0.1, 0.15) is 5.70 Å². The van der Waals surface area contributed by atoms with E-state index in [9.17, 15) is 9.59 Å². The van der Waals surface area contributed by atoms with E-state index in [2.05, 4.69) is 10.5 Å². The lowest BCUT2D eigenvalue weighted by molar-refractivity contribution is -0.137. The molecule has 0 aliphatic rings. The lowest BCUT2D eigenvalue weighted by Crippen LogP contribution is -2.24. The largest absolute Gasteiger partial charge is 0.464 e.